The first-order chi connectivity index (χ1) is 12.1. The van der Waals surface area contributed by atoms with Crippen molar-refractivity contribution in [3.8, 4) is 11.4 Å². The summed E-state index contributed by atoms with van der Waals surface area (Å²) in [6.45, 7) is 0. The van der Waals surface area contributed by atoms with E-state index < -0.39 is 4.92 Å². The van der Waals surface area contributed by atoms with Crippen LogP contribution in [0.1, 0.15) is 0 Å². The lowest BCUT2D eigenvalue weighted by Gasteiger charge is -2.03. The highest BCUT2D eigenvalue weighted by atomic mass is 32.2. The average molecular weight is 356 g/mol. The Bertz CT molecular complexity index is 899. The summed E-state index contributed by atoms with van der Waals surface area (Å²) < 4.78 is 0. The van der Waals surface area contributed by atoms with Gasteiger partial charge in [-0.15, -0.1) is 5.10 Å². The minimum atomic E-state index is -0.515. The lowest BCUT2D eigenvalue weighted by molar-refractivity contribution is -0.384. The van der Waals surface area contributed by atoms with Crippen LogP contribution in [0.15, 0.2) is 53.9 Å². The van der Waals surface area contributed by atoms with Gasteiger partial charge in [0.25, 0.3) is 5.69 Å². The van der Waals surface area contributed by atoms with Crippen LogP contribution in [0.5, 0.6) is 0 Å². The van der Waals surface area contributed by atoms with E-state index in [1.165, 1.54) is 18.2 Å². The number of hydrogen-bond donors (Lipinski definition) is 2. The predicted octanol–water partition coefficient (Wildman–Crippen LogP) is 2.51. The van der Waals surface area contributed by atoms with Crippen LogP contribution < -0.4 is 5.32 Å². The predicted molar refractivity (Wildman–Crippen MR) is 92.1 cm³/mol. The topological polar surface area (TPSA) is 127 Å². The summed E-state index contributed by atoms with van der Waals surface area (Å²) in [5.41, 5.74) is 1.13. The Morgan fingerprint density at radius 3 is 2.84 bits per heavy atom. The third-order valence-electron chi connectivity index (χ3n) is 3.09. The van der Waals surface area contributed by atoms with Crippen LogP contribution in [0.25, 0.3) is 11.4 Å². The Labute approximate surface area is 146 Å². The molecular weight excluding hydrogens is 344 g/mol. The van der Waals surface area contributed by atoms with Crippen molar-refractivity contribution in [1.29, 1.82) is 0 Å². The van der Waals surface area contributed by atoms with Crippen molar-refractivity contribution in [3.63, 3.8) is 0 Å². The highest BCUT2D eigenvalue weighted by Gasteiger charge is 2.11. The maximum Gasteiger partial charge on any atom is 0.271 e. The number of aromatic amines is 1. The lowest BCUT2D eigenvalue weighted by atomic mass is 10.3. The van der Waals surface area contributed by atoms with E-state index in [-0.39, 0.29) is 17.3 Å². The minimum Gasteiger partial charge on any atom is -0.325 e. The zero-order valence-corrected chi connectivity index (χ0v) is 13.6. The number of nitrogens with one attached hydrogen (secondary N) is 2. The zero-order valence-electron chi connectivity index (χ0n) is 12.7. The molecule has 9 nitrogen and oxygen atoms in total. The molecule has 0 radical (unpaired) electrons. The van der Waals surface area contributed by atoms with Gasteiger partial charge in [0.05, 0.1) is 10.7 Å². The number of thioether (sulfide) groups is 1. The first-order valence-electron chi connectivity index (χ1n) is 7.12. The van der Waals surface area contributed by atoms with Crippen LogP contribution in [0.2, 0.25) is 0 Å². The van der Waals surface area contributed by atoms with Crippen LogP contribution >= 0.6 is 11.8 Å². The monoisotopic (exact) mass is 356 g/mol. The molecule has 0 aliphatic heterocycles. The van der Waals surface area contributed by atoms with Crippen molar-refractivity contribution in [2.24, 2.45) is 0 Å². The molecule has 10 heteroatoms. The minimum absolute atomic E-state index is 0.0797. The fraction of sp³-hybridized carbons (Fsp3) is 0.0667. The second-order valence-corrected chi connectivity index (χ2v) is 5.79. The molecule has 0 spiro atoms. The normalized spacial score (nSPS) is 10.4. The Morgan fingerprint density at radius 1 is 1.28 bits per heavy atom. The van der Waals surface area contributed by atoms with Gasteiger partial charge in [-0.2, -0.15) is 0 Å². The standard InChI is InChI=1S/C15H12N6O3S/c22-13(17-11-2-1-3-12(8-11)21(23)24)9-25-15-18-14(19-20-15)10-4-6-16-7-5-10/h1-8H,9H2,(H,17,22)(H,18,19,20). The molecule has 126 valence electrons. The molecule has 1 amide bonds. The van der Waals surface area contributed by atoms with Gasteiger partial charge in [-0.3, -0.25) is 25.0 Å². The van der Waals surface area contributed by atoms with Gasteiger partial charge in [-0.25, -0.2) is 4.98 Å². The van der Waals surface area contributed by atoms with Gasteiger partial charge >= 0.3 is 0 Å². The van der Waals surface area contributed by atoms with Crippen molar-refractivity contribution < 1.29 is 9.72 Å². The number of rotatable bonds is 6. The number of non-ortho nitro benzene ring substituents is 1. The van der Waals surface area contributed by atoms with Gasteiger partial charge in [-0.05, 0) is 18.2 Å². The summed E-state index contributed by atoms with van der Waals surface area (Å²) in [5, 5.41) is 20.6. The van der Waals surface area contributed by atoms with Gasteiger partial charge in [0.1, 0.15) is 0 Å². The molecule has 2 N–H and O–H groups in total. The SMILES string of the molecule is O=C(CSc1n[nH]c(-c2ccncc2)n1)Nc1cccc([N+](=O)[O-])c1. The van der Waals surface area contributed by atoms with Gasteiger partial charge in [0.2, 0.25) is 11.1 Å². The van der Waals surface area contributed by atoms with Crippen molar-refractivity contribution >= 4 is 29.0 Å². The van der Waals surface area contributed by atoms with E-state index in [9.17, 15) is 14.9 Å². The molecule has 1 aromatic carbocycles. The largest absolute Gasteiger partial charge is 0.325 e. The molecule has 3 aromatic rings. The number of hydrogen-bond acceptors (Lipinski definition) is 7. The molecule has 0 saturated carbocycles. The second kappa shape index (κ2) is 7.53. The van der Waals surface area contributed by atoms with Crippen LogP contribution in [0.4, 0.5) is 11.4 Å². The number of aromatic nitrogens is 4. The maximum absolute atomic E-state index is 12.0. The molecule has 3 rings (SSSR count). The van der Waals surface area contributed by atoms with Crippen molar-refractivity contribution in [3.05, 3.63) is 58.9 Å². The lowest BCUT2D eigenvalue weighted by Crippen LogP contribution is -2.14. The Morgan fingerprint density at radius 2 is 2.08 bits per heavy atom. The Kier molecular flexibility index (Phi) is 5.00. The summed E-state index contributed by atoms with van der Waals surface area (Å²) in [6.07, 6.45) is 3.30. The average Bonchev–Trinajstić information content (AvgIpc) is 3.10. The molecular formula is C15H12N6O3S. The van der Waals surface area contributed by atoms with Crippen molar-refractivity contribution in [1.82, 2.24) is 20.2 Å². The Hall–Kier alpha value is -3.27. The summed E-state index contributed by atoms with van der Waals surface area (Å²) in [4.78, 5) is 30.4. The number of H-pyrrole nitrogens is 1. The summed E-state index contributed by atoms with van der Waals surface area (Å²) >= 11 is 1.16. The number of carbonyl (C=O) groups excluding carboxylic acids is 1. The highest BCUT2D eigenvalue weighted by Crippen LogP contribution is 2.20. The number of anilines is 1. The van der Waals surface area contributed by atoms with Crippen molar-refractivity contribution in [2.75, 3.05) is 11.1 Å². The molecule has 0 fully saturated rings. The first-order valence-corrected chi connectivity index (χ1v) is 8.10. The number of amides is 1. The smallest absolute Gasteiger partial charge is 0.271 e. The molecule has 0 saturated heterocycles. The number of nitrogens with zero attached hydrogens (tertiary/aromatic N) is 4. The van der Waals surface area contributed by atoms with Crippen LogP contribution in [-0.2, 0) is 4.79 Å². The first kappa shape index (κ1) is 16.6. The van der Waals surface area contributed by atoms with Gasteiger partial charge in [0.15, 0.2) is 5.82 Å². The number of pyridine rings is 1. The zero-order chi connectivity index (χ0) is 17.6. The molecule has 0 atom stereocenters. The number of benzene rings is 1. The highest BCUT2D eigenvalue weighted by molar-refractivity contribution is 7.99. The van der Waals surface area contributed by atoms with Crippen LogP contribution in [-0.4, -0.2) is 36.7 Å². The molecule has 2 heterocycles. The van der Waals surface area contributed by atoms with Gasteiger partial charge in [-0.1, -0.05) is 17.8 Å². The third kappa shape index (κ3) is 4.38. The van der Waals surface area contributed by atoms with Crippen LogP contribution in [0, 0.1) is 10.1 Å². The fourth-order valence-corrected chi connectivity index (χ4v) is 2.57. The Balaban J connectivity index is 1.57. The fourth-order valence-electron chi connectivity index (χ4n) is 1.97. The van der Waals surface area contributed by atoms with E-state index in [0.717, 1.165) is 17.3 Å². The summed E-state index contributed by atoms with van der Waals surface area (Å²) in [6, 6.07) is 9.35. The molecule has 0 unspecified atom stereocenters. The van der Waals surface area contributed by atoms with E-state index in [0.29, 0.717) is 16.7 Å². The van der Waals surface area contributed by atoms with Crippen molar-refractivity contribution in [2.45, 2.75) is 5.16 Å². The summed E-state index contributed by atoms with van der Waals surface area (Å²) in [7, 11) is 0. The molecule has 0 aliphatic rings. The number of nitro benzene ring substituents is 1. The van der Waals surface area contributed by atoms with E-state index >= 15 is 0 Å². The van der Waals surface area contributed by atoms with Gasteiger partial charge in [0, 0.05) is 35.8 Å². The quantitative estimate of drug-likeness (QED) is 0.394. The maximum atomic E-state index is 12.0. The van der Waals surface area contributed by atoms with E-state index in [4.69, 9.17) is 0 Å². The second-order valence-electron chi connectivity index (χ2n) is 4.85. The van der Waals surface area contributed by atoms with Crippen LogP contribution in [0.3, 0.4) is 0 Å². The van der Waals surface area contributed by atoms with Gasteiger partial charge < -0.3 is 5.32 Å². The third-order valence-corrected chi connectivity index (χ3v) is 3.94. The number of carbonyl (C=O) groups is 1. The number of nitro groups is 1. The van der Waals surface area contributed by atoms with E-state index in [2.05, 4.69) is 25.5 Å². The molecule has 2 aromatic heterocycles. The molecule has 25 heavy (non-hydrogen) atoms. The molecule has 0 aliphatic carbocycles. The van der Waals surface area contributed by atoms with E-state index in [1.807, 2.05) is 0 Å². The summed E-state index contributed by atoms with van der Waals surface area (Å²) in [5.74, 6) is 0.362. The molecule has 0 bridgehead atoms. The van der Waals surface area contributed by atoms with E-state index in [1.54, 1.807) is 30.6 Å².